The zero-order valence-corrected chi connectivity index (χ0v) is 9.65. The minimum atomic E-state index is 0.0784. The minimum absolute atomic E-state index is 0.0784. The molecule has 1 atom stereocenters. The molecule has 1 heterocycles. The van der Waals surface area contributed by atoms with Gasteiger partial charge >= 0.3 is 6.03 Å². The second-order valence-corrected chi connectivity index (χ2v) is 4.32. The highest BCUT2D eigenvalue weighted by Crippen LogP contribution is 2.11. The number of hydrogen-bond acceptors (Lipinski definition) is 1. The Labute approximate surface area is 96.5 Å². The molecule has 1 aromatic carbocycles. The number of carbonyl (C=O) groups is 1. The second kappa shape index (κ2) is 5.01. The van der Waals surface area contributed by atoms with Gasteiger partial charge in [0.15, 0.2) is 0 Å². The van der Waals surface area contributed by atoms with E-state index in [9.17, 15) is 4.79 Å². The van der Waals surface area contributed by atoms with E-state index < -0.39 is 0 Å². The van der Waals surface area contributed by atoms with Crippen molar-refractivity contribution in [1.29, 1.82) is 0 Å². The molecule has 1 aliphatic heterocycles. The van der Waals surface area contributed by atoms with Crippen molar-refractivity contribution >= 4 is 6.03 Å². The number of amides is 2. The van der Waals surface area contributed by atoms with E-state index in [2.05, 4.69) is 24.4 Å². The second-order valence-electron chi connectivity index (χ2n) is 4.32. The largest absolute Gasteiger partial charge is 0.338 e. The zero-order valence-electron chi connectivity index (χ0n) is 9.65. The molecule has 0 spiro atoms. The van der Waals surface area contributed by atoms with Crippen molar-refractivity contribution in [3.63, 3.8) is 0 Å². The fraction of sp³-hybridized carbons (Fsp3) is 0.462. The van der Waals surface area contributed by atoms with Crippen molar-refractivity contribution in [3.8, 4) is 0 Å². The average Bonchev–Trinajstić information content (AvgIpc) is 2.31. The molecule has 2 amide bonds. The summed E-state index contributed by atoms with van der Waals surface area (Å²) in [5, 5.41) is 2.89. The van der Waals surface area contributed by atoms with Crippen molar-refractivity contribution in [2.45, 2.75) is 25.8 Å². The molecular formula is C13H18N2O. The molecule has 0 radical (unpaired) electrons. The van der Waals surface area contributed by atoms with Crippen LogP contribution in [0.1, 0.15) is 18.9 Å². The third-order valence-electron chi connectivity index (χ3n) is 3.02. The Morgan fingerprint density at radius 1 is 1.38 bits per heavy atom. The third-order valence-corrected chi connectivity index (χ3v) is 3.02. The smallest absolute Gasteiger partial charge is 0.317 e. The van der Waals surface area contributed by atoms with Crippen LogP contribution in [0.2, 0.25) is 0 Å². The van der Waals surface area contributed by atoms with E-state index in [4.69, 9.17) is 0 Å². The van der Waals surface area contributed by atoms with Gasteiger partial charge in [0.25, 0.3) is 0 Å². The molecule has 0 saturated carbocycles. The van der Waals surface area contributed by atoms with Crippen LogP contribution in [0.3, 0.4) is 0 Å². The summed E-state index contributed by atoms with van der Waals surface area (Å²) >= 11 is 0. The van der Waals surface area contributed by atoms with Crippen LogP contribution in [0.5, 0.6) is 0 Å². The van der Waals surface area contributed by atoms with Crippen molar-refractivity contribution in [2.24, 2.45) is 0 Å². The Hall–Kier alpha value is -1.51. The Morgan fingerprint density at radius 3 is 2.81 bits per heavy atom. The summed E-state index contributed by atoms with van der Waals surface area (Å²) in [6.07, 6.45) is 1.97. The van der Waals surface area contributed by atoms with Crippen LogP contribution in [0, 0.1) is 0 Å². The predicted octanol–water partition coefficient (Wildman–Crippen LogP) is 2.03. The number of benzene rings is 1. The molecule has 0 aromatic heterocycles. The van der Waals surface area contributed by atoms with Crippen molar-refractivity contribution in [1.82, 2.24) is 10.2 Å². The van der Waals surface area contributed by atoms with E-state index >= 15 is 0 Å². The lowest BCUT2D eigenvalue weighted by molar-refractivity contribution is 0.165. The molecule has 0 bridgehead atoms. The number of hydrogen-bond donors (Lipinski definition) is 1. The van der Waals surface area contributed by atoms with E-state index in [1.807, 2.05) is 23.1 Å². The molecule has 2 rings (SSSR count). The van der Waals surface area contributed by atoms with Gasteiger partial charge in [0, 0.05) is 19.1 Å². The lowest BCUT2D eigenvalue weighted by Crippen LogP contribution is -2.50. The molecule has 1 saturated heterocycles. The fourth-order valence-electron chi connectivity index (χ4n) is 2.13. The van der Waals surface area contributed by atoms with Gasteiger partial charge in [-0.15, -0.1) is 0 Å². The molecule has 1 fully saturated rings. The van der Waals surface area contributed by atoms with Gasteiger partial charge < -0.3 is 10.2 Å². The Morgan fingerprint density at radius 2 is 2.12 bits per heavy atom. The highest BCUT2D eigenvalue weighted by atomic mass is 16.2. The van der Waals surface area contributed by atoms with E-state index in [1.54, 1.807) is 0 Å². The molecule has 1 aliphatic rings. The van der Waals surface area contributed by atoms with Gasteiger partial charge in [-0.3, -0.25) is 0 Å². The van der Waals surface area contributed by atoms with Crippen molar-refractivity contribution in [2.75, 3.05) is 13.1 Å². The monoisotopic (exact) mass is 218 g/mol. The van der Waals surface area contributed by atoms with Gasteiger partial charge in [-0.1, -0.05) is 30.3 Å². The van der Waals surface area contributed by atoms with Crippen LogP contribution in [-0.4, -0.2) is 30.1 Å². The first-order chi connectivity index (χ1) is 7.77. The maximum Gasteiger partial charge on any atom is 0.317 e. The third kappa shape index (κ3) is 2.54. The van der Waals surface area contributed by atoms with Gasteiger partial charge in [0.2, 0.25) is 0 Å². The van der Waals surface area contributed by atoms with Gasteiger partial charge in [0.1, 0.15) is 0 Å². The average molecular weight is 218 g/mol. The van der Waals surface area contributed by atoms with Crippen LogP contribution < -0.4 is 5.32 Å². The Bertz CT molecular complexity index is 350. The molecule has 86 valence electrons. The number of rotatable bonds is 3. The molecule has 16 heavy (non-hydrogen) atoms. The minimum Gasteiger partial charge on any atom is -0.338 e. The molecule has 1 N–H and O–H groups in total. The first-order valence-electron chi connectivity index (χ1n) is 5.86. The summed E-state index contributed by atoms with van der Waals surface area (Å²) in [6.45, 7) is 3.80. The van der Waals surface area contributed by atoms with Crippen LogP contribution >= 0.6 is 0 Å². The maximum absolute atomic E-state index is 11.6. The van der Waals surface area contributed by atoms with Crippen LogP contribution in [0.4, 0.5) is 4.79 Å². The molecule has 0 aliphatic carbocycles. The summed E-state index contributed by atoms with van der Waals surface area (Å²) in [5.41, 5.74) is 1.29. The molecule has 1 aromatic rings. The first kappa shape index (κ1) is 11.0. The highest BCUT2D eigenvalue weighted by molar-refractivity contribution is 5.75. The molecule has 3 nitrogen and oxygen atoms in total. The van der Waals surface area contributed by atoms with Crippen molar-refractivity contribution in [3.05, 3.63) is 35.9 Å². The van der Waals surface area contributed by atoms with Gasteiger partial charge in [-0.2, -0.15) is 0 Å². The van der Waals surface area contributed by atoms with Crippen LogP contribution in [0.25, 0.3) is 0 Å². The highest BCUT2D eigenvalue weighted by Gasteiger charge is 2.22. The topological polar surface area (TPSA) is 32.3 Å². The van der Waals surface area contributed by atoms with Gasteiger partial charge in [-0.05, 0) is 25.3 Å². The van der Waals surface area contributed by atoms with E-state index in [-0.39, 0.29) is 12.1 Å². The van der Waals surface area contributed by atoms with E-state index in [1.165, 1.54) is 5.56 Å². The molecular weight excluding hydrogens is 200 g/mol. The van der Waals surface area contributed by atoms with Crippen LogP contribution in [-0.2, 0) is 6.42 Å². The van der Waals surface area contributed by atoms with E-state index in [0.29, 0.717) is 0 Å². The SMILES string of the molecule is CC(Cc1ccccc1)N1CCCNC1=O. The Kier molecular flexibility index (Phi) is 3.44. The Balaban J connectivity index is 1.97. The van der Waals surface area contributed by atoms with Crippen molar-refractivity contribution < 1.29 is 4.79 Å². The van der Waals surface area contributed by atoms with E-state index in [0.717, 1.165) is 25.9 Å². The zero-order chi connectivity index (χ0) is 11.4. The quantitative estimate of drug-likeness (QED) is 0.827. The van der Waals surface area contributed by atoms with Gasteiger partial charge in [-0.25, -0.2) is 4.79 Å². The summed E-state index contributed by atoms with van der Waals surface area (Å²) in [5.74, 6) is 0. The summed E-state index contributed by atoms with van der Waals surface area (Å²) in [7, 11) is 0. The summed E-state index contributed by atoms with van der Waals surface area (Å²) in [6, 6.07) is 10.7. The number of nitrogens with zero attached hydrogens (tertiary/aromatic N) is 1. The number of carbonyl (C=O) groups excluding carboxylic acids is 1. The predicted molar refractivity (Wildman–Crippen MR) is 64.3 cm³/mol. The molecule has 1 unspecified atom stereocenters. The first-order valence-corrected chi connectivity index (χ1v) is 5.86. The summed E-state index contributed by atoms with van der Waals surface area (Å²) in [4.78, 5) is 13.6. The summed E-state index contributed by atoms with van der Waals surface area (Å²) < 4.78 is 0. The standard InChI is InChI=1S/C13H18N2O/c1-11(10-12-6-3-2-4-7-12)15-9-5-8-14-13(15)16/h2-4,6-7,11H,5,8-10H2,1H3,(H,14,16). The van der Waals surface area contributed by atoms with Crippen LogP contribution in [0.15, 0.2) is 30.3 Å². The lowest BCUT2D eigenvalue weighted by Gasteiger charge is -2.33. The molecule has 3 heteroatoms. The number of urea groups is 1. The normalized spacial score (nSPS) is 18.1. The van der Waals surface area contributed by atoms with Gasteiger partial charge in [0.05, 0.1) is 0 Å². The maximum atomic E-state index is 11.6. The lowest BCUT2D eigenvalue weighted by atomic mass is 10.1. The number of nitrogens with one attached hydrogen (secondary N) is 1. The fourth-order valence-corrected chi connectivity index (χ4v) is 2.13.